The van der Waals surface area contributed by atoms with Crippen LogP contribution >= 0.6 is 0 Å². The number of benzene rings is 2. The molecule has 0 bridgehead atoms. The standard InChI is InChI=1S/C19H24N4O4S/c1-12-8-13(2)10-15(9-12)23-28(25,26)19-17(11-20-22-19)18(24)21-14-4-6-16(27-3)7-5-14/h4-10,17,19-20,22-23H,11H2,1-3H3,(H,21,24). The monoisotopic (exact) mass is 404 g/mol. The molecule has 9 heteroatoms. The molecule has 1 saturated heterocycles. The number of hydrazine groups is 1. The van der Waals surface area contributed by atoms with Crippen LogP contribution in [0.5, 0.6) is 5.75 Å². The van der Waals surface area contributed by atoms with Gasteiger partial charge >= 0.3 is 0 Å². The molecule has 1 aliphatic heterocycles. The molecular formula is C19H24N4O4S. The van der Waals surface area contributed by atoms with E-state index in [1.807, 2.05) is 19.9 Å². The lowest BCUT2D eigenvalue weighted by Crippen LogP contribution is -2.45. The van der Waals surface area contributed by atoms with E-state index in [4.69, 9.17) is 4.74 Å². The molecule has 2 atom stereocenters. The minimum Gasteiger partial charge on any atom is -0.497 e. The number of carbonyl (C=O) groups excluding carboxylic acids is 1. The normalized spacial score (nSPS) is 19.2. The maximum absolute atomic E-state index is 12.9. The lowest BCUT2D eigenvalue weighted by atomic mass is 10.1. The summed E-state index contributed by atoms with van der Waals surface area (Å²) in [6.07, 6.45) is 0. The van der Waals surface area contributed by atoms with E-state index in [0.717, 1.165) is 11.1 Å². The predicted octanol–water partition coefficient (Wildman–Crippen LogP) is 1.74. The van der Waals surface area contributed by atoms with Crippen LogP contribution in [0.4, 0.5) is 11.4 Å². The third-order valence-electron chi connectivity index (χ3n) is 4.44. The minimum absolute atomic E-state index is 0.195. The third-order valence-corrected chi connectivity index (χ3v) is 6.08. The van der Waals surface area contributed by atoms with Crippen LogP contribution in [0.1, 0.15) is 11.1 Å². The zero-order valence-corrected chi connectivity index (χ0v) is 16.8. The summed E-state index contributed by atoms with van der Waals surface area (Å²) in [4.78, 5) is 12.7. The van der Waals surface area contributed by atoms with Crippen molar-refractivity contribution in [2.45, 2.75) is 19.2 Å². The van der Waals surface area contributed by atoms with Crippen molar-refractivity contribution in [2.24, 2.45) is 5.92 Å². The molecule has 4 N–H and O–H groups in total. The number of sulfonamides is 1. The van der Waals surface area contributed by atoms with Gasteiger partial charge in [-0.15, -0.1) is 0 Å². The van der Waals surface area contributed by atoms with Gasteiger partial charge in [0.25, 0.3) is 10.0 Å². The van der Waals surface area contributed by atoms with Gasteiger partial charge in [0.2, 0.25) is 5.91 Å². The predicted molar refractivity (Wildman–Crippen MR) is 108 cm³/mol. The summed E-state index contributed by atoms with van der Waals surface area (Å²) in [5, 5.41) is 1.65. The van der Waals surface area contributed by atoms with Gasteiger partial charge in [-0.25, -0.2) is 13.8 Å². The van der Waals surface area contributed by atoms with Crippen LogP contribution < -0.4 is 25.6 Å². The molecule has 2 aromatic carbocycles. The van der Waals surface area contributed by atoms with Gasteiger partial charge in [0, 0.05) is 17.9 Å². The minimum atomic E-state index is -3.85. The molecule has 28 heavy (non-hydrogen) atoms. The highest BCUT2D eigenvalue weighted by Gasteiger charge is 2.42. The molecular weight excluding hydrogens is 380 g/mol. The number of rotatable bonds is 6. The Balaban J connectivity index is 1.73. The van der Waals surface area contributed by atoms with Crippen molar-refractivity contribution in [3.63, 3.8) is 0 Å². The molecule has 150 valence electrons. The highest BCUT2D eigenvalue weighted by Crippen LogP contribution is 2.22. The van der Waals surface area contributed by atoms with Crippen LogP contribution in [0.3, 0.4) is 0 Å². The van der Waals surface area contributed by atoms with E-state index in [1.54, 1.807) is 43.5 Å². The highest BCUT2D eigenvalue weighted by atomic mass is 32.2. The summed E-state index contributed by atoms with van der Waals surface area (Å²) in [6.45, 7) is 3.98. The first-order chi connectivity index (χ1) is 13.3. The second-order valence-electron chi connectivity index (χ2n) is 6.79. The van der Waals surface area contributed by atoms with Crippen molar-refractivity contribution >= 4 is 27.3 Å². The van der Waals surface area contributed by atoms with E-state index < -0.39 is 27.2 Å². The first kappa shape index (κ1) is 20.1. The fraction of sp³-hybridized carbons (Fsp3) is 0.316. The number of hydrogen-bond acceptors (Lipinski definition) is 6. The van der Waals surface area contributed by atoms with Gasteiger partial charge in [0.05, 0.1) is 13.0 Å². The Morgan fingerprint density at radius 3 is 2.32 bits per heavy atom. The van der Waals surface area contributed by atoms with E-state index >= 15 is 0 Å². The Bertz CT molecular complexity index is 940. The summed E-state index contributed by atoms with van der Waals surface area (Å²) in [5.41, 5.74) is 8.41. The number of hydrogen-bond donors (Lipinski definition) is 4. The molecule has 1 amide bonds. The van der Waals surface area contributed by atoms with Gasteiger partial charge in [-0.05, 0) is 61.4 Å². The van der Waals surface area contributed by atoms with Gasteiger partial charge < -0.3 is 10.1 Å². The molecule has 2 aromatic rings. The molecule has 0 aliphatic carbocycles. The van der Waals surface area contributed by atoms with Crippen molar-refractivity contribution in [3.05, 3.63) is 53.6 Å². The number of carbonyl (C=O) groups is 1. The SMILES string of the molecule is COc1ccc(NC(=O)C2CNNC2S(=O)(=O)Nc2cc(C)cc(C)c2)cc1. The Kier molecular flexibility index (Phi) is 5.87. The lowest BCUT2D eigenvalue weighted by Gasteiger charge is -2.20. The van der Waals surface area contributed by atoms with E-state index in [1.165, 1.54) is 0 Å². The number of nitrogens with one attached hydrogen (secondary N) is 4. The molecule has 1 heterocycles. The molecule has 3 rings (SSSR count). The quantitative estimate of drug-likeness (QED) is 0.584. The van der Waals surface area contributed by atoms with Gasteiger partial charge in [0.1, 0.15) is 5.75 Å². The van der Waals surface area contributed by atoms with Crippen LogP contribution in [0.2, 0.25) is 0 Å². The molecule has 0 aromatic heterocycles. The third kappa shape index (κ3) is 4.61. The van der Waals surface area contributed by atoms with E-state index in [0.29, 0.717) is 17.1 Å². The van der Waals surface area contributed by atoms with Gasteiger partial charge in [-0.2, -0.15) is 0 Å². The Hall–Kier alpha value is -2.62. The maximum Gasteiger partial charge on any atom is 0.250 e. The number of methoxy groups -OCH3 is 1. The van der Waals surface area contributed by atoms with Crippen molar-refractivity contribution in [1.29, 1.82) is 0 Å². The van der Waals surface area contributed by atoms with E-state index in [2.05, 4.69) is 20.9 Å². The van der Waals surface area contributed by atoms with Crippen LogP contribution in [0, 0.1) is 19.8 Å². The molecule has 8 nitrogen and oxygen atoms in total. The Morgan fingerprint density at radius 1 is 1.07 bits per heavy atom. The number of ether oxygens (including phenoxy) is 1. The van der Waals surface area contributed by atoms with Crippen LogP contribution in [0.15, 0.2) is 42.5 Å². The topological polar surface area (TPSA) is 109 Å². The van der Waals surface area contributed by atoms with Crippen molar-refractivity contribution in [1.82, 2.24) is 10.9 Å². The zero-order valence-electron chi connectivity index (χ0n) is 15.9. The summed E-state index contributed by atoms with van der Waals surface area (Å²) in [6, 6.07) is 12.3. The van der Waals surface area contributed by atoms with Crippen molar-refractivity contribution in [2.75, 3.05) is 23.7 Å². The molecule has 1 aliphatic rings. The second-order valence-corrected chi connectivity index (χ2v) is 8.60. The highest BCUT2D eigenvalue weighted by molar-refractivity contribution is 7.93. The smallest absolute Gasteiger partial charge is 0.250 e. The zero-order chi connectivity index (χ0) is 20.3. The largest absolute Gasteiger partial charge is 0.497 e. The average Bonchev–Trinajstić information content (AvgIpc) is 3.12. The number of anilines is 2. The first-order valence-electron chi connectivity index (χ1n) is 8.82. The average molecular weight is 404 g/mol. The summed E-state index contributed by atoms with van der Waals surface area (Å²) in [7, 11) is -2.29. The fourth-order valence-electron chi connectivity index (χ4n) is 3.17. The fourth-order valence-corrected chi connectivity index (χ4v) is 4.64. The van der Waals surface area contributed by atoms with E-state index in [-0.39, 0.29) is 6.54 Å². The molecule has 0 radical (unpaired) electrons. The second kappa shape index (κ2) is 8.17. The Labute approximate surface area is 164 Å². The number of amides is 1. The maximum atomic E-state index is 12.9. The van der Waals surface area contributed by atoms with Gasteiger partial charge in [-0.1, -0.05) is 6.07 Å². The van der Waals surface area contributed by atoms with Crippen molar-refractivity contribution in [3.8, 4) is 5.75 Å². The van der Waals surface area contributed by atoms with Crippen LogP contribution in [0.25, 0.3) is 0 Å². The van der Waals surface area contributed by atoms with Crippen molar-refractivity contribution < 1.29 is 17.9 Å². The first-order valence-corrected chi connectivity index (χ1v) is 10.4. The summed E-state index contributed by atoms with van der Waals surface area (Å²) < 4.78 is 33.4. The summed E-state index contributed by atoms with van der Waals surface area (Å²) >= 11 is 0. The lowest BCUT2D eigenvalue weighted by molar-refractivity contribution is -0.119. The van der Waals surface area contributed by atoms with E-state index in [9.17, 15) is 13.2 Å². The Morgan fingerprint density at radius 2 is 1.71 bits per heavy atom. The molecule has 1 fully saturated rings. The number of aryl methyl sites for hydroxylation is 2. The van der Waals surface area contributed by atoms with Gasteiger partial charge in [0.15, 0.2) is 5.37 Å². The van der Waals surface area contributed by atoms with Crippen LogP contribution in [-0.2, 0) is 14.8 Å². The molecule has 2 unspecified atom stereocenters. The van der Waals surface area contributed by atoms with Gasteiger partial charge in [-0.3, -0.25) is 14.9 Å². The molecule has 0 spiro atoms. The molecule has 0 saturated carbocycles. The summed E-state index contributed by atoms with van der Waals surface area (Å²) in [5.74, 6) is -0.524. The van der Waals surface area contributed by atoms with Crippen LogP contribution in [-0.4, -0.2) is 33.4 Å².